The van der Waals surface area contributed by atoms with Gasteiger partial charge in [0.05, 0.1) is 10.3 Å². The lowest BCUT2D eigenvalue weighted by Gasteiger charge is -2.19. The summed E-state index contributed by atoms with van der Waals surface area (Å²) in [5.41, 5.74) is 1.24. The second kappa shape index (κ2) is 6.63. The van der Waals surface area contributed by atoms with Gasteiger partial charge in [-0.3, -0.25) is 15.1 Å². The van der Waals surface area contributed by atoms with Crippen molar-refractivity contribution >= 4 is 16.5 Å². The first-order valence-corrected chi connectivity index (χ1v) is 7.20. The molecule has 0 spiro atoms. The number of hydrogen-bond acceptors (Lipinski definition) is 4. The van der Waals surface area contributed by atoms with E-state index in [1.807, 2.05) is 19.2 Å². The fraction of sp³-hybridized carbons (Fsp3) is 0.438. The van der Waals surface area contributed by atoms with E-state index in [2.05, 4.69) is 24.1 Å². The number of benzene rings is 1. The highest BCUT2D eigenvalue weighted by molar-refractivity contribution is 5.92. The summed E-state index contributed by atoms with van der Waals surface area (Å²) in [6, 6.07) is 5.68. The number of nitrogens with one attached hydrogen (secondary N) is 1. The van der Waals surface area contributed by atoms with E-state index in [-0.39, 0.29) is 10.6 Å². The van der Waals surface area contributed by atoms with Crippen LogP contribution in [0.5, 0.6) is 0 Å². The average molecular weight is 287 g/mol. The number of non-ortho nitro benzene ring substituents is 1. The smallest absolute Gasteiger partial charge is 0.278 e. The number of pyridine rings is 1. The van der Waals surface area contributed by atoms with Gasteiger partial charge in [0, 0.05) is 24.5 Å². The fourth-order valence-corrected chi connectivity index (χ4v) is 2.71. The molecule has 1 atom stereocenters. The van der Waals surface area contributed by atoms with Gasteiger partial charge in [0.25, 0.3) is 5.69 Å². The van der Waals surface area contributed by atoms with Crippen LogP contribution in [0.25, 0.3) is 10.8 Å². The Morgan fingerprint density at radius 1 is 1.29 bits per heavy atom. The highest BCUT2D eigenvalue weighted by atomic mass is 16.6. The second-order valence-electron chi connectivity index (χ2n) is 5.74. The molecule has 2 aromatic rings. The monoisotopic (exact) mass is 287 g/mol. The van der Waals surface area contributed by atoms with Crippen molar-refractivity contribution in [2.75, 3.05) is 7.05 Å². The van der Waals surface area contributed by atoms with Crippen LogP contribution >= 0.6 is 0 Å². The molecule has 0 fully saturated rings. The largest absolute Gasteiger partial charge is 0.317 e. The third-order valence-electron chi connectivity index (χ3n) is 3.71. The number of nitrogens with zero attached hydrogens (tertiary/aromatic N) is 2. The minimum atomic E-state index is -0.350. The van der Waals surface area contributed by atoms with Crippen LogP contribution in [0.4, 0.5) is 5.69 Å². The summed E-state index contributed by atoms with van der Waals surface area (Å²) in [5, 5.41) is 16.0. The van der Waals surface area contributed by atoms with E-state index >= 15 is 0 Å². The van der Waals surface area contributed by atoms with Crippen LogP contribution in [-0.4, -0.2) is 23.0 Å². The van der Waals surface area contributed by atoms with Crippen LogP contribution in [0, 0.1) is 16.0 Å². The Morgan fingerprint density at radius 3 is 2.67 bits per heavy atom. The molecule has 0 bridgehead atoms. The molecule has 1 aromatic carbocycles. The summed E-state index contributed by atoms with van der Waals surface area (Å²) < 4.78 is 0. The van der Waals surface area contributed by atoms with Crippen LogP contribution in [0.15, 0.2) is 30.6 Å². The van der Waals surface area contributed by atoms with Crippen LogP contribution in [0.3, 0.4) is 0 Å². The van der Waals surface area contributed by atoms with Gasteiger partial charge >= 0.3 is 0 Å². The van der Waals surface area contributed by atoms with Crippen molar-refractivity contribution in [3.8, 4) is 0 Å². The highest BCUT2D eigenvalue weighted by Gasteiger charge is 2.17. The highest BCUT2D eigenvalue weighted by Crippen LogP contribution is 2.28. The van der Waals surface area contributed by atoms with Crippen LogP contribution in [-0.2, 0) is 6.42 Å². The maximum atomic E-state index is 11.1. The van der Waals surface area contributed by atoms with Gasteiger partial charge in [-0.25, -0.2) is 0 Å². The molecule has 5 nitrogen and oxygen atoms in total. The maximum absolute atomic E-state index is 11.1. The lowest BCUT2D eigenvalue weighted by molar-refractivity contribution is -0.383. The standard InChI is InChI=1S/C16H21N3O2/c1-11(2)8-13(17-3)9-12-4-5-16(19(20)21)15-10-18-7-6-14(12)15/h4-7,10-11,13,17H,8-9H2,1-3H3. The van der Waals surface area contributed by atoms with Crippen molar-refractivity contribution in [1.29, 1.82) is 0 Å². The van der Waals surface area contributed by atoms with Crippen molar-refractivity contribution in [1.82, 2.24) is 10.3 Å². The normalized spacial score (nSPS) is 12.8. The van der Waals surface area contributed by atoms with E-state index in [1.54, 1.807) is 18.5 Å². The van der Waals surface area contributed by atoms with E-state index in [1.165, 1.54) is 0 Å². The molecule has 0 radical (unpaired) electrons. The van der Waals surface area contributed by atoms with E-state index in [0.717, 1.165) is 23.8 Å². The van der Waals surface area contributed by atoms with Gasteiger partial charge < -0.3 is 5.32 Å². The Balaban J connectivity index is 2.41. The third kappa shape index (κ3) is 3.55. The van der Waals surface area contributed by atoms with E-state index < -0.39 is 0 Å². The lowest BCUT2D eigenvalue weighted by Crippen LogP contribution is -2.29. The fourth-order valence-electron chi connectivity index (χ4n) is 2.71. The van der Waals surface area contributed by atoms with Crippen molar-refractivity contribution < 1.29 is 4.92 Å². The SMILES string of the molecule is CNC(Cc1ccc([N+](=O)[O-])c2cnccc12)CC(C)C. The first kappa shape index (κ1) is 15.4. The molecule has 0 aliphatic heterocycles. The molecular weight excluding hydrogens is 266 g/mol. The number of likely N-dealkylation sites (N-methyl/N-ethyl adjacent to an activating group) is 1. The number of aromatic nitrogens is 1. The Labute approximate surface area is 124 Å². The zero-order chi connectivity index (χ0) is 15.4. The molecule has 2 rings (SSSR count). The lowest BCUT2D eigenvalue weighted by atomic mass is 9.94. The van der Waals surface area contributed by atoms with E-state index in [9.17, 15) is 10.1 Å². The topological polar surface area (TPSA) is 68.1 Å². The number of nitro benzene ring substituents is 1. The van der Waals surface area contributed by atoms with Crippen LogP contribution in [0.1, 0.15) is 25.8 Å². The number of rotatable bonds is 6. The van der Waals surface area contributed by atoms with E-state index in [4.69, 9.17) is 0 Å². The molecule has 0 saturated carbocycles. The molecule has 0 aliphatic rings. The quantitative estimate of drug-likeness (QED) is 0.653. The van der Waals surface area contributed by atoms with Crippen molar-refractivity contribution in [2.45, 2.75) is 32.7 Å². The van der Waals surface area contributed by atoms with Crippen LogP contribution < -0.4 is 5.32 Å². The summed E-state index contributed by atoms with van der Waals surface area (Å²) in [6.07, 6.45) is 5.19. The van der Waals surface area contributed by atoms with Gasteiger partial charge in [0.1, 0.15) is 0 Å². The first-order valence-electron chi connectivity index (χ1n) is 7.20. The molecule has 0 aliphatic carbocycles. The zero-order valence-electron chi connectivity index (χ0n) is 12.7. The molecule has 1 N–H and O–H groups in total. The summed E-state index contributed by atoms with van der Waals surface area (Å²) in [7, 11) is 1.96. The average Bonchev–Trinajstić information content (AvgIpc) is 2.46. The second-order valence-corrected chi connectivity index (χ2v) is 5.74. The first-order chi connectivity index (χ1) is 10.0. The molecule has 21 heavy (non-hydrogen) atoms. The van der Waals surface area contributed by atoms with Crippen molar-refractivity contribution in [3.05, 3.63) is 46.3 Å². The molecule has 5 heteroatoms. The molecule has 1 aromatic heterocycles. The summed E-state index contributed by atoms with van der Waals surface area (Å²) in [4.78, 5) is 14.8. The maximum Gasteiger partial charge on any atom is 0.278 e. The number of nitro groups is 1. The minimum Gasteiger partial charge on any atom is -0.317 e. The summed E-state index contributed by atoms with van der Waals surface area (Å²) in [5.74, 6) is 0.605. The minimum absolute atomic E-state index is 0.117. The molecule has 1 unspecified atom stereocenters. The predicted molar refractivity (Wildman–Crippen MR) is 84.4 cm³/mol. The van der Waals surface area contributed by atoms with Gasteiger partial charge in [-0.2, -0.15) is 0 Å². The van der Waals surface area contributed by atoms with Gasteiger partial charge in [-0.1, -0.05) is 19.9 Å². The van der Waals surface area contributed by atoms with Gasteiger partial charge in [0.2, 0.25) is 0 Å². The van der Waals surface area contributed by atoms with Gasteiger partial charge in [0.15, 0.2) is 0 Å². The van der Waals surface area contributed by atoms with Gasteiger partial charge in [-0.05, 0) is 42.8 Å². The Hall–Kier alpha value is -2.01. The van der Waals surface area contributed by atoms with E-state index in [0.29, 0.717) is 17.3 Å². The Kier molecular flexibility index (Phi) is 4.85. The predicted octanol–water partition coefficient (Wildman–Crippen LogP) is 3.32. The van der Waals surface area contributed by atoms with Crippen molar-refractivity contribution in [2.24, 2.45) is 5.92 Å². The van der Waals surface area contributed by atoms with Crippen molar-refractivity contribution in [3.63, 3.8) is 0 Å². The summed E-state index contributed by atoms with van der Waals surface area (Å²) >= 11 is 0. The Morgan fingerprint density at radius 2 is 2.05 bits per heavy atom. The van der Waals surface area contributed by atoms with Gasteiger partial charge in [-0.15, -0.1) is 0 Å². The zero-order valence-corrected chi connectivity index (χ0v) is 12.7. The Bertz CT molecular complexity index is 640. The molecule has 0 amide bonds. The molecular formula is C16H21N3O2. The molecule has 0 saturated heterocycles. The number of fused-ring (bicyclic) bond motifs is 1. The molecule has 1 heterocycles. The third-order valence-corrected chi connectivity index (χ3v) is 3.71. The summed E-state index contributed by atoms with van der Waals surface area (Å²) in [6.45, 7) is 4.39. The van der Waals surface area contributed by atoms with Crippen LogP contribution in [0.2, 0.25) is 0 Å². The number of hydrogen-bond donors (Lipinski definition) is 1. The molecule has 112 valence electrons.